The van der Waals surface area contributed by atoms with Crippen LogP contribution in [0.1, 0.15) is 0 Å². The summed E-state index contributed by atoms with van der Waals surface area (Å²) in [5, 5.41) is 19.8. The number of rotatable bonds is 0. The van der Waals surface area contributed by atoms with E-state index in [2.05, 4.69) is 9.97 Å². The van der Waals surface area contributed by atoms with Gasteiger partial charge in [0, 0.05) is 6.07 Å². The minimum absolute atomic E-state index is 0.0790. The molecule has 2 aromatic carbocycles. The topological polar surface area (TPSA) is 170 Å². The number of hydrogen-bond acceptors (Lipinski definition) is 8. The average Bonchev–Trinajstić information content (AvgIpc) is 2.41. The van der Waals surface area contributed by atoms with Gasteiger partial charge < -0.3 is 33.1 Å². The second kappa shape index (κ2) is 3.67. The summed E-state index contributed by atoms with van der Waals surface area (Å²) < 4.78 is 0. The summed E-state index contributed by atoms with van der Waals surface area (Å²) in [7, 11) is 0. The number of hydrogen-bond donors (Lipinski definition) is 6. The molecule has 102 valence electrons. The number of benzene rings is 2. The molecule has 3 aromatic rings. The van der Waals surface area contributed by atoms with Gasteiger partial charge in [0.2, 0.25) is 0 Å². The Kier molecular flexibility index (Phi) is 2.18. The third-order valence-electron chi connectivity index (χ3n) is 3.08. The molecule has 0 atom stereocenters. The largest absolute Gasteiger partial charge is 0.506 e. The molecule has 0 spiro atoms. The van der Waals surface area contributed by atoms with Crippen LogP contribution in [-0.2, 0) is 0 Å². The van der Waals surface area contributed by atoms with E-state index in [-0.39, 0.29) is 56.3 Å². The van der Waals surface area contributed by atoms with Gasteiger partial charge in [0.15, 0.2) is 5.75 Å². The number of phenols is 2. The lowest BCUT2D eigenvalue weighted by atomic mass is 10.1. The summed E-state index contributed by atoms with van der Waals surface area (Å²) in [6.07, 6.45) is 0. The van der Waals surface area contributed by atoms with E-state index in [0.29, 0.717) is 0 Å². The smallest absolute Gasteiger partial charge is 0.166 e. The Hall–Kier alpha value is -3.16. The van der Waals surface area contributed by atoms with Crippen molar-refractivity contribution < 1.29 is 10.2 Å². The monoisotopic (exact) mass is 272 g/mol. The maximum atomic E-state index is 9.95. The predicted molar refractivity (Wildman–Crippen MR) is 78.0 cm³/mol. The van der Waals surface area contributed by atoms with Crippen molar-refractivity contribution in [3.8, 4) is 11.5 Å². The van der Waals surface area contributed by atoms with Crippen LogP contribution in [-0.4, -0.2) is 20.2 Å². The molecule has 1 heterocycles. The molecule has 0 saturated carbocycles. The van der Waals surface area contributed by atoms with E-state index in [1.807, 2.05) is 0 Å². The molecule has 0 fully saturated rings. The first-order valence-corrected chi connectivity index (χ1v) is 5.65. The van der Waals surface area contributed by atoms with Gasteiger partial charge in [-0.15, -0.1) is 0 Å². The highest BCUT2D eigenvalue weighted by Crippen LogP contribution is 2.38. The summed E-state index contributed by atoms with van der Waals surface area (Å²) in [5.41, 5.74) is 24.2. The fraction of sp³-hybridized carbons (Fsp3) is 0. The molecule has 20 heavy (non-hydrogen) atoms. The lowest BCUT2D eigenvalue weighted by molar-refractivity contribution is 0.479. The summed E-state index contributed by atoms with van der Waals surface area (Å²) in [4.78, 5) is 8.37. The van der Waals surface area contributed by atoms with Crippen molar-refractivity contribution in [3.05, 3.63) is 12.1 Å². The van der Waals surface area contributed by atoms with Gasteiger partial charge in [0.25, 0.3) is 0 Å². The van der Waals surface area contributed by atoms with Crippen LogP contribution in [0.5, 0.6) is 11.5 Å². The van der Waals surface area contributed by atoms with Gasteiger partial charge in [-0.25, -0.2) is 9.97 Å². The molecular weight excluding hydrogens is 260 g/mol. The highest BCUT2D eigenvalue weighted by Gasteiger charge is 2.16. The summed E-state index contributed by atoms with van der Waals surface area (Å²) in [6.45, 7) is 0. The Bertz CT molecular complexity index is 808. The van der Waals surface area contributed by atoms with E-state index in [4.69, 9.17) is 22.9 Å². The summed E-state index contributed by atoms with van der Waals surface area (Å²) >= 11 is 0. The third kappa shape index (κ3) is 1.41. The summed E-state index contributed by atoms with van der Waals surface area (Å²) in [6, 6.07) is 2.65. The zero-order valence-corrected chi connectivity index (χ0v) is 10.3. The molecule has 1 aromatic heterocycles. The minimum Gasteiger partial charge on any atom is -0.506 e. The number of phenolic OH excluding ortho intramolecular Hbond substituents is 2. The van der Waals surface area contributed by atoms with Crippen LogP contribution in [0.2, 0.25) is 0 Å². The first-order valence-electron chi connectivity index (χ1n) is 5.65. The van der Waals surface area contributed by atoms with Crippen LogP contribution in [0.3, 0.4) is 0 Å². The van der Waals surface area contributed by atoms with Gasteiger partial charge in [-0.3, -0.25) is 0 Å². The molecule has 8 heteroatoms. The third-order valence-corrected chi connectivity index (χ3v) is 3.08. The molecule has 0 radical (unpaired) electrons. The highest BCUT2D eigenvalue weighted by molar-refractivity contribution is 6.05. The van der Waals surface area contributed by atoms with Gasteiger partial charge in [-0.2, -0.15) is 0 Å². The zero-order chi connectivity index (χ0) is 14.6. The van der Waals surface area contributed by atoms with Crippen molar-refractivity contribution in [3.63, 3.8) is 0 Å². The van der Waals surface area contributed by atoms with Crippen LogP contribution in [0, 0.1) is 0 Å². The molecule has 8 nitrogen and oxygen atoms in total. The quantitative estimate of drug-likeness (QED) is 0.149. The number of anilines is 4. The number of nitrogens with two attached hydrogens (primary N) is 4. The van der Waals surface area contributed by atoms with Gasteiger partial charge in [-0.05, 0) is 6.07 Å². The Morgan fingerprint density at radius 2 is 1.35 bits per heavy atom. The number of fused-ring (bicyclic) bond motifs is 2. The van der Waals surface area contributed by atoms with Crippen molar-refractivity contribution in [2.75, 3.05) is 22.9 Å². The normalized spacial score (nSPS) is 11.2. The average molecular weight is 272 g/mol. The van der Waals surface area contributed by atoms with E-state index in [1.165, 1.54) is 12.1 Å². The van der Waals surface area contributed by atoms with E-state index < -0.39 is 0 Å². The van der Waals surface area contributed by atoms with Crippen LogP contribution in [0.15, 0.2) is 12.1 Å². The first kappa shape index (κ1) is 11.9. The number of nitrogen functional groups attached to an aromatic ring is 4. The molecule has 10 N–H and O–H groups in total. The second-order valence-electron chi connectivity index (χ2n) is 4.42. The van der Waals surface area contributed by atoms with Crippen molar-refractivity contribution in [1.29, 1.82) is 0 Å². The molecule has 0 saturated heterocycles. The van der Waals surface area contributed by atoms with Crippen LogP contribution in [0.25, 0.3) is 22.1 Å². The van der Waals surface area contributed by atoms with E-state index >= 15 is 0 Å². The maximum absolute atomic E-state index is 9.95. The fourth-order valence-corrected chi connectivity index (χ4v) is 2.04. The van der Waals surface area contributed by atoms with Crippen molar-refractivity contribution >= 4 is 44.8 Å². The molecule has 0 amide bonds. The number of nitrogens with zero attached hydrogens (tertiary/aromatic N) is 2. The van der Waals surface area contributed by atoms with Crippen molar-refractivity contribution in [2.45, 2.75) is 0 Å². The van der Waals surface area contributed by atoms with E-state index in [9.17, 15) is 10.2 Å². The molecule has 0 aliphatic rings. The molecule has 0 aliphatic carbocycles. The Balaban J connectivity index is 2.60. The van der Waals surface area contributed by atoms with Crippen LogP contribution >= 0.6 is 0 Å². The molecule has 0 aliphatic heterocycles. The van der Waals surface area contributed by atoms with Gasteiger partial charge in [-0.1, -0.05) is 0 Å². The Morgan fingerprint density at radius 1 is 0.700 bits per heavy atom. The van der Waals surface area contributed by atoms with Crippen molar-refractivity contribution in [1.82, 2.24) is 9.97 Å². The SMILES string of the molecule is Nc1cc(O)c2nc3c(N)cc(N)c(O)c3nc2c1N. The highest BCUT2D eigenvalue weighted by atomic mass is 16.3. The van der Waals surface area contributed by atoms with Gasteiger partial charge in [0.05, 0.1) is 22.7 Å². The predicted octanol–water partition coefficient (Wildman–Crippen LogP) is 0.523. The van der Waals surface area contributed by atoms with Gasteiger partial charge >= 0.3 is 0 Å². The fourth-order valence-electron chi connectivity index (χ4n) is 2.04. The minimum atomic E-state index is -0.245. The second-order valence-corrected chi connectivity index (χ2v) is 4.42. The molecule has 3 rings (SSSR count). The lowest BCUT2D eigenvalue weighted by Crippen LogP contribution is -2.01. The molecule has 0 bridgehead atoms. The lowest BCUT2D eigenvalue weighted by Gasteiger charge is -2.10. The van der Waals surface area contributed by atoms with Gasteiger partial charge in [0.1, 0.15) is 27.8 Å². The number of aromatic hydroxyl groups is 2. The zero-order valence-electron chi connectivity index (χ0n) is 10.3. The van der Waals surface area contributed by atoms with E-state index in [1.54, 1.807) is 0 Å². The standard InChI is InChI=1S/C12H12N6O2/c13-3-2-6(19)9-10(7(3)16)18-11-8(17-9)4(14)1-5(15)12(11)20/h1-2,19-20H,13-16H2. The first-order chi connectivity index (χ1) is 9.40. The van der Waals surface area contributed by atoms with Crippen LogP contribution < -0.4 is 22.9 Å². The molecular formula is C12H12N6O2. The maximum Gasteiger partial charge on any atom is 0.166 e. The van der Waals surface area contributed by atoms with E-state index in [0.717, 1.165) is 0 Å². The Morgan fingerprint density at radius 3 is 2.05 bits per heavy atom. The summed E-state index contributed by atoms with van der Waals surface area (Å²) in [5.74, 6) is -0.415. The van der Waals surface area contributed by atoms with Crippen molar-refractivity contribution in [2.24, 2.45) is 0 Å². The molecule has 0 unspecified atom stereocenters. The van der Waals surface area contributed by atoms with Crippen LogP contribution in [0.4, 0.5) is 22.7 Å². The number of aromatic nitrogens is 2. The Labute approximate surface area is 112 Å².